The van der Waals surface area contributed by atoms with Crippen LogP contribution >= 0.6 is 11.6 Å². The summed E-state index contributed by atoms with van der Waals surface area (Å²) < 4.78 is 0. The molecule has 2 atom stereocenters. The number of hydrogen-bond donors (Lipinski definition) is 1. The molecular weight excluding hydrogens is 238 g/mol. The Morgan fingerprint density at radius 2 is 2.24 bits per heavy atom. The maximum absolute atomic E-state index is 12.0. The van der Waals surface area contributed by atoms with Crippen molar-refractivity contribution >= 4 is 23.5 Å². The summed E-state index contributed by atoms with van der Waals surface area (Å²) in [5, 5.41) is 3.10. The lowest BCUT2D eigenvalue weighted by atomic mass is 9.97. The first kappa shape index (κ1) is 12.3. The molecule has 0 saturated heterocycles. The normalized spacial score (nSPS) is 23.7. The third kappa shape index (κ3) is 2.94. The molecule has 0 aliphatic heterocycles. The van der Waals surface area contributed by atoms with E-state index in [2.05, 4.69) is 22.2 Å². The summed E-state index contributed by atoms with van der Waals surface area (Å²) in [6.45, 7) is 3.93. The van der Waals surface area contributed by atoms with Crippen molar-refractivity contribution in [3.05, 3.63) is 16.9 Å². The van der Waals surface area contributed by atoms with Gasteiger partial charge in [0.25, 0.3) is 0 Å². The Labute approximate surface area is 106 Å². The monoisotopic (exact) mass is 253 g/mol. The second-order valence-corrected chi connectivity index (χ2v) is 5.05. The molecule has 2 unspecified atom stereocenters. The fraction of sp³-hybridized carbons (Fsp3) is 0.583. The highest BCUT2D eigenvalue weighted by atomic mass is 35.5. The number of amides is 1. The predicted octanol–water partition coefficient (Wildman–Crippen LogP) is 2.81. The number of aromatic nitrogens is 2. The number of hydrogen-bond acceptors (Lipinski definition) is 3. The molecule has 0 radical (unpaired) electrons. The van der Waals surface area contributed by atoms with E-state index >= 15 is 0 Å². The molecule has 1 aromatic heterocycles. The van der Waals surface area contributed by atoms with Crippen molar-refractivity contribution in [1.29, 1.82) is 0 Å². The summed E-state index contributed by atoms with van der Waals surface area (Å²) in [5.41, 5.74) is 0.750. The van der Waals surface area contributed by atoms with Gasteiger partial charge in [-0.1, -0.05) is 24.9 Å². The molecule has 1 aliphatic rings. The fourth-order valence-electron chi connectivity index (χ4n) is 2.32. The molecule has 0 aromatic carbocycles. The molecule has 1 heterocycles. The van der Waals surface area contributed by atoms with Crippen molar-refractivity contribution in [3.63, 3.8) is 0 Å². The standard InChI is InChI=1S/C12H16ClN3O/c1-7-4-3-5-9(7)11(17)16-12-14-8(2)6-10(13)15-12/h6-7,9H,3-5H2,1-2H3,(H,14,15,16,17). The van der Waals surface area contributed by atoms with E-state index in [0.717, 1.165) is 25.0 Å². The highest BCUT2D eigenvalue weighted by molar-refractivity contribution is 6.29. The third-order valence-corrected chi connectivity index (χ3v) is 3.45. The summed E-state index contributed by atoms with van der Waals surface area (Å²) in [4.78, 5) is 20.1. The van der Waals surface area contributed by atoms with Crippen LogP contribution < -0.4 is 5.32 Å². The van der Waals surface area contributed by atoms with Gasteiger partial charge in [0.1, 0.15) is 5.15 Å². The highest BCUT2D eigenvalue weighted by Crippen LogP contribution is 2.31. The summed E-state index contributed by atoms with van der Waals surface area (Å²) >= 11 is 5.82. The summed E-state index contributed by atoms with van der Waals surface area (Å²) in [6, 6.07) is 1.66. The smallest absolute Gasteiger partial charge is 0.231 e. The van der Waals surface area contributed by atoms with E-state index in [4.69, 9.17) is 11.6 Å². The number of anilines is 1. The number of halogens is 1. The van der Waals surface area contributed by atoms with Gasteiger partial charge < -0.3 is 0 Å². The number of carbonyl (C=O) groups excluding carboxylic acids is 1. The second kappa shape index (κ2) is 5.00. The molecule has 17 heavy (non-hydrogen) atoms. The zero-order chi connectivity index (χ0) is 12.4. The molecule has 0 spiro atoms. The number of nitrogens with zero attached hydrogens (tertiary/aromatic N) is 2. The summed E-state index contributed by atoms with van der Waals surface area (Å²) in [7, 11) is 0. The molecule has 1 fully saturated rings. The maximum Gasteiger partial charge on any atom is 0.231 e. The summed E-state index contributed by atoms with van der Waals surface area (Å²) in [6.07, 6.45) is 3.19. The minimum absolute atomic E-state index is 0.0108. The molecule has 1 N–H and O–H groups in total. The van der Waals surface area contributed by atoms with Crippen molar-refractivity contribution in [2.75, 3.05) is 5.32 Å². The van der Waals surface area contributed by atoms with Crippen LogP contribution in [0.4, 0.5) is 5.95 Å². The lowest BCUT2D eigenvalue weighted by Gasteiger charge is -2.14. The molecule has 1 saturated carbocycles. The van der Waals surface area contributed by atoms with Crippen LogP contribution in [-0.2, 0) is 4.79 Å². The van der Waals surface area contributed by atoms with Gasteiger partial charge in [-0.2, -0.15) is 0 Å². The molecule has 4 nitrogen and oxygen atoms in total. The van der Waals surface area contributed by atoms with Crippen LogP contribution in [0.3, 0.4) is 0 Å². The Hall–Kier alpha value is -1.16. The molecular formula is C12H16ClN3O. The first-order chi connectivity index (χ1) is 8.06. The molecule has 1 aromatic rings. The third-order valence-electron chi connectivity index (χ3n) is 3.26. The topological polar surface area (TPSA) is 54.9 Å². The van der Waals surface area contributed by atoms with Gasteiger partial charge in [-0.3, -0.25) is 10.1 Å². The predicted molar refractivity (Wildman–Crippen MR) is 66.9 cm³/mol. The Morgan fingerprint density at radius 3 is 2.82 bits per heavy atom. The molecule has 92 valence electrons. The van der Waals surface area contributed by atoms with Crippen LogP contribution in [0.2, 0.25) is 5.15 Å². The van der Waals surface area contributed by atoms with Gasteiger partial charge >= 0.3 is 0 Å². The van der Waals surface area contributed by atoms with Crippen LogP contribution in [0.1, 0.15) is 31.9 Å². The number of rotatable bonds is 2. The first-order valence-corrected chi connectivity index (χ1v) is 6.26. The zero-order valence-corrected chi connectivity index (χ0v) is 10.8. The van der Waals surface area contributed by atoms with Crippen molar-refractivity contribution in [2.24, 2.45) is 11.8 Å². The lowest BCUT2D eigenvalue weighted by Crippen LogP contribution is -2.25. The van der Waals surface area contributed by atoms with E-state index in [1.54, 1.807) is 6.07 Å². The van der Waals surface area contributed by atoms with Crippen molar-refractivity contribution in [1.82, 2.24) is 9.97 Å². The van der Waals surface area contributed by atoms with Crippen LogP contribution in [0.25, 0.3) is 0 Å². The molecule has 0 bridgehead atoms. The van der Waals surface area contributed by atoms with Crippen molar-refractivity contribution < 1.29 is 4.79 Å². The van der Waals surface area contributed by atoms with Gasteiger partial charge in [0, 0.05) is 11.6 Å². The quantitative estimate of drug-likeness (QED) is 0.825. The Bertz CT molecular complexity index is 416. The molecule has 5 heteroatoms. The van der Waals surface area contributed by atoms with Crippen LogP contribution in [-0.4, -0.2) is 15.9 Å². The van der Waals surface area contributed by atoms with E-state index in [-0.39, 0.29) is 11.8 Å². The second-order valence-electron chi connectivity index (χ2n) is 4.66. The minimum Gasteiger partial charge on any atom is -0.294 e. The van der Waals surface area contributed by atoms with Gasteiger partial charge in [0.2, 0.25) is 11.9 Å². The van der Waals surface area contributed by atoms with Gasteiger partial charge in [0.05, 0.1) is 0 Å². The van der Waals surface area contributed by atoms with E-state index in [0.29, 0.717) is 17.0 Å². The SMILES string of the molecule is Cc1cc(Cl)nc(NC(=O)C2CCCC2C)n1. The number of nitrogens with one attached hydrogen (secondary N) is 1. The van der Waals surface area contributed by atoms with Crippen molar-refractivity contribution in [2.45, 2.75) is 33.1 Å². The highest BCUT2D eigenvalue weighted by Gasteiger charge is 2.30. The fourth-order valence-corrected chi connectivity index (χ4v) is 2.56. The Balaban J connectivity index is 2.07. The van der Waals surface area contributed by atoms with Gasteiger partial charge in [-0.15, -0.1) is 0 Å². The molecule has 2 rings (SSSR count). The average molecular weight is 254 g/mol. The largest absolute Gasteiger partial charge is 0.294 e. The van der Waals surface area contributed by atoms with Gasteiger partial charge in [0.15, 0.2) is 0 Å². The first-order valence-electron chi connectivity index (χ1n) is 5.88. The lowest BCUT2D eigenvalue weighted by molar-refractivity contribution is -0.120. The van der Waals surface area contributed by atoms with E-state index < -0.39 is 0 Å². The molecule has 1 aliphatic carbocycles. The Kier molecular flexibility index (Phi) is 3.62. The van der Waals surface area contributed by atoms with E-state index in [1.807, 2.05) is 6.92 Å². The summed E-state index contributed by atoms with van der Waals surface area (Å²) in [5.74, 6) is 0.837. The van der Waals surface area contributed by atoms with Gasteiger partial charge in [-0.05, 0) is 31.7 Å². The average Bonchev–Trinajstić information content (AvgIpc) is 2.62. The van der Waals surface area contributed by atoms with Crippen LogP contribution in [0.5, 0.6) is 0 Å². The number of carbonyl (C=O) groups is 1. The van der Waals surface area contributed by atoms with Crippen molar-refractivity contribution in [3.8, 4) is 0 Å². The number of aryl methyl sites for hydroxylation is 1. The van der Waals surface area contributed by atoms with Crippen LogP contribution in [0.15, 0.2) is 6.07 Å². The van der Waals surface area contributed by atoms with Crippen LogP contribution in [0, 0.1) is 18.8 Å². The zero-order valence-electron chi connectivity index (χ0n) is 10.0. The van der Waals surface area contributed by atoms with Gasteiger partial charge in [-0.25, -0.2) is 9.97 Å². The molecule has 1 amide bonds. The minimum atomic E-state index is 0.0108. The van der Waals surface area contributed by atoms with E-state index in [9.17, 15) is 4.79 Å². The maximum atomic E-state index is 12.0. The Morgan fingerprint density at radius 1 is 1.47 bits per heavy atom. The van der Waals surface area contributed by atoms with E-state index in [1.165, 1.54) is 0 Å².